The maximum atomic E-state index is 12.1. The van der Waals surface area contributed by atoms with Crippen LogP contribution < -0.4 is 9.47 Å². The molecule has 1 N–H and O–H groups in total. The number of aromatic amines is 1. The molecular formula is C22H18N4O4S. The van der Waals surface area contributed by atoms with Gasteiger partial charge in [0.2, 0.25) is 10.5 Å². The molecule has 156 valence electrons. The Morgan fingerprint density at radius 3 is 2.77 bits per heavy atom. The molecule has 0 saturated heterocycles. The zero-order chi connectivity index (χ0) is 21.8. The van der Waals surface area contributed by atoms with Gasteiger partial charge in [-0.1, -0.05) is 24.3 Å². The molecule has 0 aliphatic heterocycles. The van der Waals surface area contributed by atoms with Crippen LogP contribution in [0.1, 0.15) is 21.7 Å². The van der Waals surface area contributed by atoms with E-state index in [1.807, 2.05) is 31.2 Å². The fourth-order valence-corrected chi connectivity index (χ4v) is 3.09. The second-order valence-corrected chi connectivity index (χ2v) is 6.89. The van der Waals surface area contributed by atoms with Gasteiger partial charge in [0.05, 0.1) is 19.6 Å². The van der Waals surface area contributed by atoms with Crippen molar-refractivity contribution >= 4 is 24.4 Å². The van der Waals surface area contributed by atoms with Crippen LogP contribution in [0.15, 0.2) is 70.4 Å². The number of H-pyrrole nitrogens is 1. The summed E-state index contributed by atoms with van der Waals surface area (Å²) in [5, 5.41) is 11.6. The zero-order valence-electron chi connectivity index (χ0n) is 16.7. The first-order valence-corrected chi connectivity index (χ1v) is 9.69. The Labute approximate surface area is 182 Å². The number of furan rings is 1. The molecule has 0 radical (unpaired) electrons. The quantitative estimate of drug-likeness (QED) is 0.206. The predicted molar refractivity (Wildman–Crippen MR) is 117 cm³/mol. The van der Waals surface area contributed by atoms with E-state index in [-0.39, 0.29) is 11.5 Å². The van der Waals surface area contributed by atoms with E-state index in [4.69, 9.17) is 26.1 Å². The summed E-state index contributed by atoms with van der Waals surface area (Å²) in [4.78, 5) is 12.1. The van der Waals surface area contributed by atoms with Gasteiger partial charge in [-0.25, -0.2) is 9.89 Å². The first-order chi connectivity index (χ1) is 15.1. The van der Waals surface area contributed by atoms with Gasteiger partial charge in [0.15, 0.2) is 17.3 Å². The first kappa shape index (κ1) is 20.3. The van der Waals surface area contributed by atoms with E-state index < -0.39 is 5.97 Å². The number of carbonyl (C=O) groups excluding carboxylic acids is 1. The van der Waals surface area contributed by atoms with E-state index in [0.29, 0.717) is 21.9 Å². The molecule has 8 nitrogen and oxygen atoms in total. The third-order valence-corrected chi connectivity index (χ3v) is 4.74. The van der Waals surface area contributed by atoms with Crippen LogP contribution in [0.4, 0.5) is 0 Å². The highest BCUT2D eigenvalue weighted by atomic mass is 32.1. The van der Waals surface area contributed by atoms with E-state index in [2.05, 4.69) is 15.3 Å². The number of esters is 1. The van der Waals surface area contributed by atoms with Crippen LogP contribution in [0, 0.1) is 11.7 Å². The van der Waals surface area contributed by atoms with Crippen molar-refractivity contribution < 1.29 is 18.7 Å². The number of hydrogen-bond acceptors (Lipinski definition) is 7. The van der Waals surface area contributed by atoms with Crippen LogP contribution in [0.25, 0.3) is 11.4 Å². The maximum absolute atomic E-state index is 12.1. The number of benzene rings is 2. The molecule has 0 bridgehead atoms. The third-order valence-electron chi connectivity index (χ3n) is 4.47. The van der Waals surface area contributed by atoms with Gasteiger partial charge in [-0.15, -0.1) is 0 Å². The second-order valence-electron chi connectivity index (χ2n) is 6.50. The third kappa shape index (κ3) is 4.31. The summed E-state index contributed by atoms with van der Waals surface area (Å²) in [6.07, 6.45) is 3.02. The molecule has 2 aromatic carbocycles. The Bertz CT molecular complexity index is 1310. The average Bonchev–Trinajstić information content (AvgIpc) is 3.44. The lowest BCUT2D eigenvalue weighted by atomic mass is 10.1. The summed E-state index contributed by atoms with van der Waals surface area (Å²) < 4.78 is 17.7. The normalized spacial score (nSPS) is 11.0. The van der Waals surface area contributed by atoms with Crippen molar-refractivity contribution in [2.45, 2.75) is 6.92 Å². The summed E-state index contributed by atoms with van der Waals surface area (Å²) in [6, 6.07) is 16.0. The topological polar surface area (TPSA) is 94.6 Å². The molecule has 0 unspecified atom stereocenters. The van der Waals surface area contributed by atoms with Crippen LogP contribution in [0.3, 0.4) is 0 Å². The van der Waals surface area contributed by atoms with Gasteiger partial charge in [-0.2, -0.15) is 14.9 Å². The number of rotatable bonds is 6. The number of ether oxygens (including phenoxy) is 2. The minimum absolute atomic E-state index is 0.103. The van der Waals surface area contributed by atoms with Crippen molar-refractivity contribution in [3.63, 3.8) is 0 Å². The highest BCUT2D eigenvalue weighted by molar-refractivity contribution is 7.71. The van der Waals surface area contributed by atoms with Gasteiger partial charge in [0, 0.05) is 5.56 Å². The summed E-state index contributed by atoms with van der Waals surface area (Å²) >= 11 is 5.33. The van der Waals surface area contributed by atoms with Gasteiger partial charge in [-0.05, 0) is 60.6 Å². The molecule has 31 heavy (non-hydrogen) atoms. The van der Waals surface area contributed by atoms with E-state index >= 15 is 0 Å². The number of nitrogens with zero attached hydrogens (tertiary/aromatic N) is 3. The molecule has 2 aromatic heterocycles. The van der Waals surface area contributed by atoms with Crippen molar-refractivity contribution in [2.24, 2.45) is 5.10 Å². The number of carbonyl (C=O) groups is 1. The Hall–Kier alpha value is -3.98. The van der Waals surface area contributed by atoms with Crippen molar-refractivity contribution in [3.05, 3.63) is 82.5 Å². The number of hydrogen-bond donors (Lipinski definition) is 1. The monoisotopic (exact) mass is 434 g/mol. The zero-order valence-corrected chi connectivity index (χ0v) is 17.6. The van der Waals surface area contributed by atoms with Gasteiger partial charge in [0.1, 0.15) is 0 Å². The lowest BCUT2D eigenvalue weighted by Crippen LogP contribution is -2.08. The predicted octanol–water partition coefficient (Wildman–Crippen LogP) is 4.62. The minimum atomic E-state index is -0.614. The molecule has 0 aliphatic rings. The van der Waals surface area contributed by atoms with Crippen molar-refractivity contribution in [2.75, 3.05) is 7.11 Å². The summed E-state index contributed by atoms with van der Waals surface area (Å²) in [5.74, 6) is 0.735. The summed E-state index contributed by atoms with van der Waals surface area (Å²) in [5.41, 5.74) is 2.69. The highest BCUT2D eigenvalue weighted by Crippen LogP contribution is 2.28. The van der Waals surface area contributed by atoms with E-state index in [1.54, 1.807) is 35.2 Å². The van der Waals surface area contributed by atoms with Gasteiger partial charge in [-0.3, -0.25) is 0 Å². The molecule has 2 heterocycles. The molecule has 0 fully saturated rings. The fourth-order valence-electron chi connectivity index (χ4n) is 2.91. The molecule has 0 saturated carbocycles. The van der Waals surface area contributed by atoms with Crippen LogP contribution >= 0.6 is 12.2 Å². The van der Waals surface area contributed by atoms with Gasteiger partial charge < -0.3 is 13.9 Å². The second kappa shape index (κ2) is 8.80. The van der Waals surface area contributed by atoms with Gasteiger partial charge in [0.25, 0.3) is 0 Å². The molecule has 9 heteroatoms. The molecule has 0 spiro atoms. The van der Waals surface area contributed by atoms with E-state index in [9.17, 15) is 4.79 Å². The smallest absolute Gasteiger partial charge is 0.379 e. The standard InChI is InChI=1S/C22H18N4O4S/c1-14-6-3-4-7-16(14)20-24-25-22(31)26(20)23-13-15-9-10-17(19(12-15)28-2)30-21(27)18-8-5-11-29-18/h3-13H,1-2H3,(H,25,31). The number of methoxy groups -OCH3 is 1. The lowest BCUT2D eigenvalue weighted by Gasteiger charge is -2.09. The SMILES string of the molecule is COc1cc(C=Nn2c(-c3ccccc3C)n[nH]c2=S)ccc1OC(=O)c1ccco1. The van der Waals surface area contributed by atoms with Crippen LogP contribution in [-0.2, 0) is 0 Å². The Morgan fingerprint density at radius 1 is 1.19 bits per heavy atom. The largest absolute Gasteiger partial charge is 0.493 e. The maximum Gasteiger partial charge on any atom is 0.379 e. The van der Waals surface area contributed by atoms with Gasteiger partial charge >= 0.3 is 5.97 Å². The fraction of sp³-hybridized carbons (Fsp3) is 0.0909. The van der Waals surface area contributed by atoms with E-state index in [0.717, 1.165) is 11.1 Å². The first-order valence-electron chi connectivity index (χ1n) is 9.28. The summed E-state index contributed by atoms with van der Waals surface area (Å²) in [7, 11) is 1.49. The average molecular weight is 434 g/mol. The van der Waals surface area contributed by atoms with Crippen molar-refractivity contribution in [3.8, 4) is 22.9 Å². The highest BCUT2D eigenvalue weighted by Gasteiger charge is 2.15. The van der Waals surface area contributed by atoms with Crippen molar-refractivity contribution in [1.82, 2.24) is 14.9 Å². The number of aryl methyl sites for hydroxylation is 1. The molecule has 4 rings (SSSR count). The number of aromatic nitrogens is 3. The van der Waals surface area contributed by atoms with Crippen LogP contribution in [0.5, 0.6) is 11.5 Å². The molecule has 4 aromatic rings. The minimum Gasteiger partial charge on any atom is -0.493 e. The number of nitrogens with one attached hydrogen (secondary N) is 1. The summed E-state index contributed by atoms with van der Waals surface area (Å²) in [6.45, 7) is 1.99. The molecule has 0 amide bonds. The molecular weight excluding hydrogens is 416 g/mol. The van der Waals surface area contributed by atoms with E-state index in [1.165, 1.54) is 19.4 Å². The lowest BCUT2D eigenvalue weighted by molar-refractivity contribution is 0.0696. The molecule has 0 atom stereocenters. The van der Waals surface area contributed by atoms with Crippen LogP contribution in [0.2, 0.25) is 0 Å². The Balaban J connectivity index is 1.61. The Morgan fingerprint density at radius 2 is 2.03 bits per heavy atom. The van der Waals surface area contributed by atoms with Crippen LogP contribution in [-0.4, -0.2) is 34.2 Å². The molecule has 0 aliphatic carbocycles. The Kier molecular flexibility index (Phi) is 5.76. The van der Waals surface area contributed by atoms with Crippen molar-refractivity contribution in [1.29, 1.82) is 0 Å².